The van der Waals surface area contributed by atoms with Crippen LogP contribution < -0.4 is 10.6 Å². The highest BCUT2D eigenvalue weighted by Crippen LogP contribution is 2.20. The maximum atomic E-state index is 13.0. The first-order chi connectivity index (χ1) is 11.1. The lowest BCUT2D eigenvalue weighted by molar-refractivity contribution is 0.628. The first-order valence-corrected chi connectivity index (χ1v) is 7.79. The third kappa shape index (κ3) is 4.26. The molecule has 0 fully saturated rings. The molecule has 1 heterocycles. The monoisotopic (exact) mass is 372 g/mol. The molecule has 0 unspecified atom stereocenters. The van der Waals surface area contributed by atoms with Gasteiger partial charge in [0.1, 0.15) is 11.6 Å². The molecule has 0 atom stereocenters. The van der Waals surface area contributed by atoms with E-state index in [1.807, 2.05) is 37.3 Å². The number of halogens is 2. The normalized spacial score (nSPS) is 10.4. The van der Waals surface area contributed by atoms with E-state index in [1.165, 1.54) is 12.1 Å². The van der Waals surface area contributed by atoms with E-state index in [2.05, 4.69) is 36.5 Å². The molecule has 0 aliphatic heterocycles. The molecule has 0 aliphatic carbocycles. The Morgan fingerprint density at radius 2 is 1.48 bits per heavy atom. The average molecular weight is 373 g/mol. The van der Waals surface area contributed by atoms with Gasteiger partial charge in [-0.3, -0.25) is 0 Å². The fourth-order valence-corrected chi connectivity index (χ4v) is 2.30. The highest BCUT2D eigenvalue weighted by Gasteiger charge is 2.04. The maximum absolute atomic E-state index is 13.0. The molecule has 0 bridgehead atoms. The first-order valence-electron chi connectivity index (χ1n) is 6.99. The van der Waals surface area contributed by atoms with E-state index in [0.29, 0.717) is 11.8 Å². The maximum Gasteiger partial charge on any atom is 0.229 e. The number of benzene rings is 2. The van der Waals surface area contributed by atoms with Crippen LogP contribution in [0.2, 0.25) is 0 Å². The second-order valence-electron chi connectivity index (χ2n) is 4.98. The molecule has 4 nitrogen and oxygen atoms in total. The van der Waals surface area contributed by atoms with E-state index in [1.54, 1.807) is 12.1 Å². The van der Waals surface area contributed by atoms with Gasteiger partial charge >= 0.3 is 0 Å². The zero-order chi connectivity index (χ0) is 16.2. The van der Waals surface area contributed by atoms with Gasteiger partial charge in [0.15, 0.2) is 0 Å². The highest BCUT2D eigenvalue weighted by molar-refractivity contribution is 9.10. The van der Waals surface area contributed by atoms with Gasteiger partial charge in [0.25, 0.3) is 0 Å². The van der Waals surface area contributed by atoms with Gasteiger partial charge in [-0.15, -0.1) is 0 Å². The SMILES string of the molecule is Cc1cc(Nc2ccc(Br)cc2)nc(Nc2ccc(F)cc2)n1. The van der Waals surface area contributed by atoms with Gasteiger partial charge in [-0.05, 0) is 55.5 Å². The number of hydrogen-bond donors (Lipinski definition) is 2. The van der Waals surface area contributed by atoms with Crippen LogP contribution in [0.25, 0.3) is 0 Å². The molecule has 0 amide bonds. The number of nitrogens with zero attached hydrogens (tertiary/aromatic N) is 2. The molecular formula is C17H14BrFN4. The molecule has 6 heteroatoms. The van der Waals surface area contributed by atoms with Crippen LogP contribution in [0.15, 0.2) is 59.1 Å². The number of anilines is 4. The van der Waals surface area contributed by atoms with Crippen molar-refractivity contribution in [2.24, 2.45) is 0 Å². The molecule has 23 heavy (non-hydrogen) atoms. The second kappa shape index (κ2) is 6.75. The standard InChI is InChI=1S/C17H14BrFN4/c1-11-10-16(21-14-6-2-12(18)3-7-14)23-17(20-11)22-15-8-4-13(19)5-9-15/h2-10H,1H3,(H2,20,21,22,23). The van der Waals surface area contributed by atoms with Gasteiger partial charge in [0, 0.05) is 27.6 Å². The predicted octanol–water partition coefficient (Wildman–Crippen LogP) is 5.17. The van der Waals surface area contributed by atoms with Crippen molar-refractivity contribution in [2.75, 3.05) is 10.6 Å². The lowest BCUT2D eigenvalue weighted by Crippen LogP contribution is -2.02. The summed E-state index contributed by atoms with van der Waals surface area (Å²) in [4.78, 5) is 8.77. The van der Waals surface area contributed by atoms with Crippen molar-refractivity contribution in [3.8, 4) is 0 Å². The average Bonchev–Trinajstić information content (AvgIpc) is 2.51. The van der Waals surface area contributed by atoms with Crippen LogP contribution in [0.4, 0.5) is 27.5 Å². The van der Waals surface area contributed by atoms with Crippen LogP contribution >= 0.6 is 15.9 Å². The van der Waals surface area contributed by atoms with Crippen molar-refractivity contribution in [1.82, 2.24) is 9.97 Å². The van der Waals surface area contributed by atoms with Gasteiger partial charge in [-0.1, -0.05) is 15.9 Å². The number of nitrogens with one attached hydrogen (secondary N) is 2. The summed E-state index contributed by atoms with van der Waals surface area (Å²) in [5, 5.41) is 6.31. The number of aryl methyl sites for hydroxylation is 1. The fraction of sp³-hybridized carbons (Fsp3) is 0.0588. The van der Waals surface area contributed by atoms with Crippen LogP contribution in [0.1, 0.15) is 5.69 Å². The molecule has 0 spiro atoms. The Morgan fingerprint density at radius 3 is 2.17 bits per heavy atom. The summed E-state index contributed by atoms with van der Waals surface area (Å²) in [5.41, 5.74) is 2.48. The Balaban J connectivity index is 1.81. The molecule has 0 saturated heterocycles. The molecule has 0 radical (unpaired) electrons. The van der Waals surface area contributed by atoms with E-state index in [4.69, 9.17) is 0 Å². The summed E-state index contributed by atoms with van der Waals surface area (Å²) < 4.78 is 14.0. The molecule has 0 aliphatic rings. The Bertz CT molecular complexity index is 738. The third-order valence-corrected chi connectivity index (χ3v) is 3.60. The van der Waals surface area contributed by atoms with E-state index < -0.39 is 0 Å². The van der Waals surface area contributed by atoms with Crippen LogP contribution in [0.5, 0.6) is 0 Å². The lowest BCUT2D eigenvalue weighted by Gasteiger charge is -2.10. The Labute approximate surface area is 141 Å². The van der Waals surface area contributed by atoms with Crippen molar-refractivity contribution >= 4 is 39.1 Å². The minimum absolute atomic E-state index is 0.279. The van der Waals surface area contributed by atoms with Crippen molar-refractivity contribution < 1.29 is 4.39 Å². The van der Waals surface area contributed by atoms with Gasteiger partial charge in [0.2, 0.25) is 5.95 Å². The quantitative estimate of drug-likeness (QED) is 0.662. The summed E-state index contributed by atoms with van der Waals surface area (Å²) in [6, 6.07) is 15.7. The molecule has 3 rings (SSSR count). The van der Waals surface area contributed by atoms with E-state index >= 15 is 0 Å². The van der Waals surface area contributed by atoms with Crippen molar-refractivity contribution in [3.63, 3.8) is 0 Å². The summed E-state index contributed by atoms with van der Waals surface area (Å²) >= 11 is 3.41. The van der Waals surface area contributed by atoms with Crippen molar-refractivity contribution in [3.05, 3.63) is 70.6 Å². The van der Waals surface area contributed by atoms with Crippen LogP contribution in [0.3, 0.4) is 0 Å². The van der Waals surface area contributed by atoms with Crippen LogP contribution in [0, 0.1) is 12.7 Å². The Kier molecular flexibility index (Phi) is 4.52. The minimum Gasteiger partial charge on any atom is -0.340 e. The minimum atomic E-state index is -0.279. The third-order valence-electron chi connectivity index (χ3n) is 3.07. The molecule has 2 aromatic carbocycles. The Hall–Kier alpha value is -2.47. The predicted molar refractivity (Wildman–Crippen MR) is 93.9 cm³/mol. The summed E-state index contributed by atoms with van der Waals surface area (Å²) in [6.07, 6.45) is 0. The topological polar surface area (TPSA) is 49.8 Å². The smallest absolute Gasteiger partial charge is 0.229 e. The molecule has 116 valence electrons. The molecule has 0 saturated carbocycles. The number of rotatable bonds is 4. The fourth-order valence-electron chi connectivity index (χ4n) is 2.03. The highest BCUT2D eigenvalue weighted by atomic mass is 79.9. The molecule has 1 aromatic heterocycles. The van der Waals surface area contributed by atoms with E-state index in [0.717, 1.165) is 21.5 Å². The van der Waals surface area contributed by atoms with Gasteiger partial charge < -0.3 is 10.6 Å². The largest absolute Gasteiger partial charge is 0.340 e. The zero-order valence-corrected chi connectivity index (χ0v) is 13.9. The molecule has 2 N–H and O–H groups in total. The van der Waals surface area contributed by atoms with Crippen LogP contribution in [-0.2, 0) is 0 Å². The van der Waals surface area contributed by atoms with Gasteiger partial charge in [-0.25, -0.2) is 9.37 Å². The van der Waals surface area contributed by atoms with Crippen molar-refractivity contribution in [2.45, 2.75) is 6.92 Å². The number of hydrogen-bond acceptors (Lipinski definition) is 4. The van der Waals surface area contributed by atoms with Crippen molar-refractivity contribution in [1.29, 1.82) is 0 Å². The zero-order valence-electron chi connectivity index (χ0n) is 12.3. The van der Waals surface area contributed by atoms with Crippen LogP contribution in [-0.4, -0.2) is 9.97 Å². The summed E-state index contributed by atoms with van der Waals surface area (Å²) in [6.45, 7) is 1.89. The summed E-state index contributed by atoms with van der Waals surface area (Å²) in [5.74, 6) is 0.860. The molecule has 3 aromatic rings. The van der Waals surface area contributed by atoms with E-state index in [9.17, 15) is 4.39 Å². The van der Waals surface area contributed by atoms with E-state index in [-0.39, 0.29) is 5.82 Å². The first kappa shape index (κ1) is 15.4. The molecular weight excluding hydrogens is 359 g/mol. The Morgan fingerprint density at radius 1 is 0.870 bits per heavy atom. The second-order valence-corrected chi connectivity index (χ2v) is 5.90. The lowest BCUT2D eigenvalue weighted by atomic mass is 10.3. The summed E-state index contributed by atoms with van der Waals surface area (Å²) in [7, 11) is 0. The van der Waals surface area contributed by atoms with Gasteiger partial charge in [0.05, 0.1) is 0 Å². The van der Waals surface area contributed by atoms with Gasteiger partial charge in [-0.2, -0.15) is 4.98 Å². The number of aromatic nitrogens is 2.